The molecule has 1 aromatic rings. The molecule has 0 bridgehead atoms. The minimum atomic E-state index is 0.0554. The number of nitrogen functional groups attached to an aromatic ring is 1. The molecule has 110 valence electrons. The molecule has 0 unspecified atom stereocenters. The molecular weight excluding hydrogens is 272 g/mol. The zero-order valence-electron chi connectivity index (χ0n) is 12.0. The summed E-state index contributed by atoms with van der Waals surface area (Å²) in [6, 6.07) is 0. The maximum absolute atomic E-state index is 12.6. The van der Waals surface area contributed by atoms with Gasteiger partial charge in [0, 0.05) is 26.2 Å². The monoisotopic (exact) mass is 294 g/mol. The van der Waals surface area contributed by atoms with Gasteiger partial charge in [0.15, 0.2) is 5.13 Å². The van der Waals surface area contributed by atoms with Crippen molar-refractivity contribution in [3.8, 4) is 0 Å². The summed E-state index contributed by atoms with van der Waals surface area (Å²) in [5.74, 6) is 1.15. The molecule has 2 N–H and O–H groups in total. The number of nitrogens with two attached hydrogens (primary N) is 1. The number of rotatable bonds is 5. The summed E-state index contributed by atoms with van der Waals surface area (Å²) in [4.78, 5) is 21.7. The van der Waals surface area contributed by atoms with E-state index in [0.29, 0.717) is 16.6 Å². The van der Waals surface area contributed by atoms with Crippen molar-refractivity contribution < 1.29 is 4.79 Å². The Morgan fingerprint density at radius 2 is 2.15 bits per heavy atom. The van der Waals surface area contributed by atoms with Crippen molar-refractivity contribution in [2.24, 2.45) is 5.92 Å². The highest BCUT2D eigenvalue weighted by Crippen LogP contribution is 2.33. The highest BCUT2D eigenvalue weighted by molar-refractivity contribution is 7.18. The molecule has 6 heteroatoms. The summed E-state index contributed by atoms with van der Waals surface area (Å²) in [6.07, 6.45) is 4.90. The van der Waals surface area contributed by atoms with Gasteiger partial charge in [-0.2, -0.15) is 0 Å². The predicted molar refractivity (Wildman–Crippen MR) is 82.3 cm³/mol. The van der Waals surface area contributed by atoms with Gasteiger partial charge in [-0.25, -0.2) is 4.98 Å². The zero-order chi connectivity index (χ0) is 14.1. The fourth-order valence-corrected chi connectivity index (χ4v) is 3.63. The van der Waals surface area contributed by atoms with Crippen LogP contribution in [0.25, 0.3) is 0 Å². The number of hydrogen-bond donors (Lipinski definition) is 1. The molecule has 20 heavy (non-hydrogen) atoms. The summed E-state index contributed by atoms with van der Waals surface area (Å²) in [5, 5.41) is 0.908. The number of anilines is 2. The Morgan fingerprint density at radius 3 is 2.75 bits per heavy atom. The van der Waals surface area contributed by atoms with Crippen LogP contribution in [0.4, 0.5) is 10.9 Å². The number of carbonyl (C=O) groups excluding carboxylic acids is 1. The fourth-order valence-electron chi connectivity index (χ4n) is 2.63. The van der Waals surface area contributed by atoms with Crippen LogP contribution < -0.4 is 10.6 Å². The Balaban J connectivity index is 1.75. The fraction of sp³-hybridized carbons (Fsp3) is 0.714. The minimum absolute atomic E-state index is 0.0554. The molecule has 0 aromatic carbocycles. The van der Waals surface area contributed by atoms with Crippen molar-refractivity contribution in [1.82, 2.24) is 9.88 Å². The van der Waals surface area contributed by atoms with Gasteiger partial charge in [-0.15, -0.1) is 0 Å². The van der Waals surface area contributed by atoms with E-state index in [9.17, 15) is 4.79 Å². The van der Waals surface area contributed by atoms with Crippen LogP contribution in [-0.2, 0) is 0 Å². The van der Waals surface area contributed by atoms with Crippen molar-refractivity contribution in [2.75, 3.05) is 36.8 Å². The van der Waals surface area contributed by atoms with E-state index in [0.717, 1.165) is 31.3 Å². The van der Waals surface area contributed by atoms with Crippen LogP contribution >= 0.6 is 11.3 Å². The predicted octanol–water partition coefficient (Wildman–Crippen LogP) is 2.20. The third kappa shape index (κ3) is 2.75. The number of thiazole rings is 1. The van der Waals surface area contributed by atoms with Crippen molar-refractivity contribution in [2.45, 2.75) is 32.6 Å². The highest BCUT2D eigenvalue weighted by Gasteiger charge is 2.29. The molecule has 2 heterocycles. The standard InChI is InChI=1S/C14H22N4OS/c1-2-17(9-10-5-6-10)13(19)11-12(15)16-14(20-11)18-7-3-4-8-18/h10H,2-9,15H2,1H3. The van der Waals surface area contributed by atoms with E-state index in [2.05, 4.69) is 9.88 Å². The van der Waals surface area contributed by atoms with E-state index >= 15 is 0 Å². The van der Waals surface area contributed by atoms with E-state index in [1.165, 1.54) is 37.0 Å². The van der Waals surface area contributed by atoms with Crippen molar-refractivity contribution >= 4 is 28.2 Å². The Hall–Kier alpha value is -1.30. The smallest absolute Gasteiger partial charge is 0.267 e. The van der Waals surface area contributed by atoms with Gasteiger partial charge in [-0.1, -0.05) is 11.3 Å². The topological polar surface area (TPSA) is 62.5 Å². The summed E-state index contributed by atoms with van der Waals surface area (Å²) in [6.45, 7) is 5.69. The Bertz CT molecular complexity index is 491. The van der Waals surface area contributed by atoms with Crippen LogP contribution in [0.2, 0.25) is 0 Å². The zero-order valence-corrected chi connectivity index (χ0v) is 12.8. The number of aromatic nitrogens is 1. The number of carbonyl (C=O) groups is 1. The third-order valence-corrected chi connectivity index (χ3v) is 5.18. The second-order valence-corrected chi connectivity index (χ2v) is 6.67. The van der Waals surface area contributed by atoms with Gasteiger partial charge in [-0.05, 0) is 38.5 Å². The molecule has 2 aliphatic rings. The first-order valence-electron chi connectivity index (χ1n) is 7.49. The molecule has 1 saturated carbocycles. The molecule has 5 nitrogen and oxygen atoms in total. The van der Waals surface area contributed by atoms with E-state index < -0.39 is 0 Å². The van der Waals surface area contributed by atoms with Gasteiger partial charge >= 0.3 is 0 Å². The molecule has 1 aliphatic heterocycles. The van der Waals surface area contributed by atoms with E-state index in [1.807, 2.05) is 11.8 Å². The van der Waals surface area contributed by atoms with Gasteiger partial charge in [0.2, 0.25) is 0 Å². The van der Waals surface area contributed by atoms with Gasteiger partial charge in [0.25, 0.3) is 5.91 Å². The Morgan fingerprint density at radius 1 is 1.45 bits per heavy atom. The lowest BCUT2D eigenvalue weighted by Gasteiger charge is -2.19. The summed E-state index contributed by atoms with van der Waals surface area (Å²) < 4.78 is 0. The molecule has 2 fully saturated rings. The van der Waals surface area contributed by atoms with Crippen LogP contribution in [-0.4, -0.2) is 42.0 Å². The minimum Gasteiger partial charge on any atom is -0.382 e. The molecule has 1 saturated heterocycles. The molecule has 0 spiro atoms. The van der Waals surface area contributed by atoms with E-state index in [1.54, 1.807) is 0 Å². The van der Waals surface area contributed by atoms with Gasteiger partial charge in [0.1, 0.15) is 10.7 Å². The van der Waals surface area contributed by atoms with E-state index in [-0.39, 0.29) is 5.91 Å². The van der Waals surface area contributed by atoms with Crippen LogP contribution in [0.5, 0.6) is 0 Å². The number of nitrogens with zero attached hydrogens (tertiary/aromatic N) is 3. The lowest BCUT2D eigenvalue weighted by atomic mass is 10.3. The van der Waals surface area contributed by atoms with Gasteiger partial charge in [-0.3, -0.25) is 4.79 Å². The van der Waals surface area contributed by atoms with E-state index in [4.69, 9.17) is 5.73 Å². The normalized spacial score (nSPS) is 18.6. The van der Waals surface area contributed by atoms with Crippen molar-refractivity contribution in [1.29, 1.82) is 0 Å². The number of hydrogen-bond acceptors (Lipinski definition) is 5. The quantitative estimate of drug-likeness (QED) is 0.904. The Kier molecular flexibility index (Phi) is 3.83. The molecule has 1 amide bonds. The largest absolute Gasteiger partial charge is 0.382 e. The van der Waals surface area contributed by atoms with Crippen LogP contribution in [0.3, 0.4) is 0 Å². The van der Waals surface area contributed by atoms with Crippen LogP contribution in [0.15, 0.2) is 0 Å². The second kappa shape index (κ2) is 5.60. The van der Waals surface area contributed by atoms with Gasteiger partial charge < -0.3 is 15.5 Å². The second-order valence-electron chi connectivity index (χ2n) is 5.69. The average Bonchev–Trinajstić information content (AvgIpc) is 2.94. The van der Waals surface area contributed by atoms with Crippen molar-refractivity contribution in [3.63, 3.8) is 0 Å². The first kappa shape index (κ1) is 13.7. The van der Waals surface area contributed by atoms with Crippen LogP contribution in [0, 0.1) is 5.92 Å². The third-order valence-electron chi connectivity index (χ3n) is 4.06. The molecule has 1 aromatic heterocycles. The first-order chi connectivity index (χ1) is 9.69. The van der Waals surface area contributed by atoms with Crippen molar-refractivity contribution in [3.05, 3.63) is 4.88 Å². The average molecular weight is 294 g/mol. The summed E-state index contributed by atoms with van der Waals surface area (Å²) in [5.41, 5.74) is 5.97. The lowest BCUT2D eigenvalue weighted by Crippen LogP contribution is -2.32. The maximum atomic E-state index is 12.6. The molecule has 3 rings (SSSR count). The molecular formula is C14H22N4OS. The first-order valence-corrected chi connectivity index (χ1v) is 8.31. The lowest BCUT2D eigenvalue weighted by molar-refractivity contribution is 0.0762. The summed E-state index contributed by atoms with van der Waals surface area (Å²) in [7, 11) is 0. The molecule has 0 atom stereocenters. The SMILES string of the molecule is CCN(CC1CC1)C(=O)c1sc(N2CCCC2)nc1N. The molecule has 1 aliphatic carbocycles. The molecule has 0 radical (unpaired) electrons. The van der Waals surface area contributed by atoms with Crippen LogP contribution in [0.1, 0.15) is 42.3 Å². The summed E-state index contributed by atoms with van der Waals surface area (Å²) >= 11 is 1.45. The number of amides is 1. The highest BCUT2D eigenvalue weighted by atomic mass is 32.1. The van der Waals surface area contributed by atoms with Gasteiger partial charge in [0.05, 0.1) is 0 Å². The Labute approximate surface area is 123 Å². The maximum Gasteiger partial charge on any atom is 0.267 e.